The SMILES string of the molecule is C=CCCC(=O)N[C@@H](CC(=O)SCc1ccccc1)C(=O)O[C@H]1[C@@H](O)[C@H](n2cnc3c(N)ncnc32)O[C@@H]1COP(=O)(O)O[C@H]1C[C@H](n2ccc(N)nc2=O)O[C@@H]1COP(=O)(O)O. The minimum atomic E-state index is -5.26. The number of nitrogens with zero attached hydrogens (tertiary/aromatic N) is 6. The molecule has 0 bridgehead atoms. The number of aromatic nitrogens is 6. The number of rotatable bonds is 20. The molecule has 1 unspecified atom stereocenters. The highest BCUT2D eigenvalue weighted by atomic mass is 32.2. The van der Waals surface area contributed by atoms with E-state index in [1.165, 1.54) is 29.2 Å². The molecule has 4 aromatic rings. The van der Waals surface area contributed by atoms with Crippen LogP contribution in [0.15, 0.2) is 72.7 Å². The molecule has 0 radical (unpaired) electrons. The van der Waals surface area contributed by atoms with Gasteiger partial charge in [0.1, 0.15) is 54.3 Å². The number of fused-ring (bicyclic) bond motifs is 1. The Morgan fingerprint density at radius 2 is 1.78 bits per heavy atom. The Hall–Kier alpha value is -4.95. The van der Waals surface area contributed by atoms with Crippen LogP contribution in [-0.2, 0) is 57.0 Å². The first-order valence-corrected chi connectivity index (χ1v) is 22.8. The second-order valence-electron chi connectivity index (χ2n) is 13.9. The number of thioether (sulfide) groups is 1. The summed E-state index contributed by atoms with van der Waals surface area (Å²) in [6.07, 6.45) is -6.48. The molecule has 2 saturated heterocycles. The lowest BCUT2D eigenvalue weighted by Gasteiger charge is -2.25. The summed E-state index contributed by atoms with van der Waals surface area (Å²) in [7, 11) is -10.4. The zero-order valence-corrected chi connectivity index (χ0v) is 35.5. The summed E-state index contributed by atoms with van der Waals surface area (Å²) in [5, 5.41) is 13.7. The predicted molar refractivity (Wildman–Crippen MR) is 218 cm³/mol. The first kappa shape index (κ1) is 47.5. The summed E-state index contributed by atoms with van der Waals surface area (Å²) in [4.78, 5) is 97.8. The Balaban J connectivity index is 1.22. The number of aliphatic hydroxyl groups is 1. The molecule has 9 atom stereocenters. The van der Waals surface area contributed by atoms with Gasteiger partial charge in [-0.2, -0.15) is 4.98 Å². The Bertz CT molecular complexity index is 2440. The minimum absolute atomic E-state index is 0.0162. The number of nitrogen functional groups attached to an aromatic ring is 2. The Morgan fingerprint density at radius 3 is 2.49 bits per heavy atom. The maximum absolute atomic E-state index is 13.9. The summed E-state index contributed by atoms with van der Waals surface area (Å²) >= 11 is 0.899. The second kappa shape index (κ2) is 20.7. The first-order chi connectivity index (χ1) is 29.9. The number of imidazole rings is 1. The van der Waals surface area contributed by atoms with Gasteiger partial charge in [0.05, 0.1) is 19.5 Å². The predicted octanol–water partition coefficient (Wildman–Crippen LogP) is 0.618. The second-order valence-corrected chi connectivity index (χ2v) is 17.6. The number of nitrogens with two attached hydrogens (primary N) is 2. The van der Waals surface area contributed by atoms with Gasteiger partial charge in [0, 0.05) is 31.2 Å². The van der Waals surface area contributed by atoms with E-state index in [0.717, 1.165) is 28.2 Å². The number of allylic oxidation sites excluding steroid dienone is 1. The van der Waals surface area contributed by atoms with Crippen molar-refractivity contribution in [1.82, 2.24) is 34.4 Å². The quantitative estimate of drug-likeness (QED) is 0.0363. The average Bonchev–Trinajstić information content (AvgIpc) is 3.93. The lowest BCUT2D eigenvalue weighted by molar-refractivity contribution is -0.160. The molecule has 3 aromatic heterocycles. The molecule has 28 heteroatoms. The average molecular weight is 940 g/mol. The highest BCUT2D eigenvalue weighted by molar-refractivity contribution is 8.12. The van der Waals surface area contributed by atoms with E-state index in [0.29, 0.717) is 0 Å². The van der Waals surface area contributed by atoms with Gasteiger partial charge < -0.3 is 50.8 Å². The van der Waals surface area contributed by atoms with Crippen LogP contribution in [0, 0.1) is 0 Å². The standard InChI is InChI=1S/C35H43N9O16P2S/c1-2-3-9-25(45)41-20(12-27(46)63-16-19-7-5-4-6-8-19)34(48)59-30-23(58-33(29(30)47)44-18-40-28-31(37)38-17-39-32(28)44)15-56-62(53,54)60-21-13-26(43-11-10-24(36)42-35(43)49)57-22(21)14-55-61(50,51)52/h2,4-8,10-11,17-18,20-23,26,29-30,33,47H,1,3,9,12-16H2,(H,41,45)(H,53,54)(H2,36,42,49)(H2,37,38,39)(H2,50,51,52)/t20-,21-,22+,23+,26+,29+,30+,33+/m0/s1. The highest BCUT2D eigenvalue weighted by Gasteiger charge is 2.50. The van der Waals surface area contributed by atoms with Crippen molar-refractivity contribution in [3.05, 3.63) is 84.0 Å². The van der Waals surface area contributed by atoms with Crippen LogP contribution in [0.5, 0.6) is 0 Å². The topological polar surface area (TPSA) is 364 Å². The van der Waals surface area contributed by atoms with E-state index in [9.17, 15) is 48.1 Å². The van der Waals surface area contributed by atoms with Gasteiger partial charge in [0.15, 0.2) is 28.9 Å². The first-order valence-electron chi connectivity index (χ1n) is 18.8. The number of nitrogens with one attached hydrogen (secondary N) is 1. The number of ether oxygens (including phenoxy) is 3. The molecule has 2 aliphatic heterocycles. The number of phosphoric ester groups is 2. The van der Waals surface area contributed by atoms with Gasteiger partial charge in [-0.15, -0.1) is 6.58 Å². The molecule has 340 valence electrons. The summed E-state index contributed by atoms with van der Waals surface area (Å²) in [6.45, 7) is 1.77. The highest BCUT2D eigenvalue weighted by Crippen LogP contribution is 2.50. The molecular weight excluding hydrogens is 896 g/mol. The van der Waals surface area contributed by atoms with Gasteiger partial charge >= 0.3 is 27.3 Å². The van der Waals surface area contributed by atoms with Crippen molar-refractivity contribution in [2.75, 3.05) is 24.7 Å². The number of phosphoric acid groups is 2. The van der Waals surface area contributed by atoms with Crippen molar-refractivity contribution in [1.29, 1.82) is 0 Å². The molecule has 9 N–H and O–H groups in total. The van der Waals surface area contributed by atoms with Gasteiger partial charge in [-0.25, -0.2) is 33.7 Å². The number of hydrogen-bond acceptors (Lipinski definition) is 20. The van der Waals surface area contributed by atoms with Gasteiger partial charge in [0.25, 0.3) is 0 Å². The number of hydrogen-bond donors (Lipinski definition) is 7. The maximum atomic E-state index is 13.9. The van der Waals surface area contributed by atoms with Crippen LogP contribution < -0.4 is 22.5 Å². The van der Waals surface area contributed by atoms with Gasteiger partial charge in [-0.1, -0.05) is 48.2 Å². The Kier molecular flexibility index (Phi) is 15.6. The van der Waals surface area contributed by atoms with Crippen molar-refractivity contribution in [3.8, 4) is 0 Å². The number of benzene rings is 1. The largest absolute Gasteiger partial charge is 0.472 e. The van der Waals surface area contributed by atoms with E-state index in [-0.39, 0.29) is 47.8 Å². The van der Waals surface area contributed by atoms with Crippen molar-refractivity contribution in [2.24, 2.45) is 0 Å². The molecule has 6 rings (SSSR count). The summed E-state index contributed by atoms with van der Waals surface area (Å²) < 4.78 is 60.0. The summed E-state index contributed by atoms with van der Waals surface area (Å²) in [5.74, 6) is -1.65. The smallest absolute Gasteiger partial charge is 0.455 e. The summed E-state index contributed by atoms with van der Waals surface area (Å²) in [5.41, 5.74) is 11.7. The van der Waals surface area contributed by atoms with Crippen LogP contribution in [0.1, 0.15) is 43.7 Å². The number of amides is 1. The number of anilines is 2. The minimum Gasteiger partial charge on any atom is -0.455 e. The molecule has 63 heavy (non-hydrogen) atoms. The molecule has 1 amide bonds. The lowest BCUT2D eigenvalue weighted by atomic mass is 10.1. The van der Waals surface area contributed by atoms with Gasteiger partial charge in [-0.05, 0) is 18.1 Å². The van der Waals surface area contributed by atoms with E-state index in [1.54, 1.807) is 12.1 Å². The number of carbonyl (C=O) groups is 3. The third kappa shape index (κ3) is 12.6. The van der Waals surface area contributed by atoms with Gasteiger partial charge in [0.2, 0.25) is 5.91 Å². The molecule has 0 saturated carbocycles. The molecule has 25 nitrogen and oxygen atoms in total. The number of carbonyl (C=O) groups excluding carboxylic acids is 3. The zero-order valence-electron chi connectivity index (χ0n) is 32.9. The third-order valence-electron chi connectivity index (χ3n) is 9.45. The van der Waals surface area contributed by atoms with Crippen LogP contribution in [-0.4, -0.2) is 116 Å². The van der Waals surface area contributed by atoms with Crippen LogP contribution >= 0.6 is 27.4 Å². The summed E-state index contributed by atoms with van der Waals surface area (Å²) in [6, 6.07) is 8.72. The molecule has 0 aliphatic carbocycles. The van der Waals surface area contributed by atoms with E-state index < -0.39 is 107 Å². The van der Waals surface area contributed by atoms with E-state index in [2.05, 4.69) is 36.4 Å². The van der Waals surface area contributed by atoms with Crippen LogP contribution in [0.4, 0.5) is 11.6 Å². The zero-order chi connectivity index (χ0) is 45.5. The van der Waals surface area contributed by atoms with Crippen LogP contribution in [0.2, 0.25) is 0 Å². The van der Waals surface area contributed by atoms with Crippen molar-refractivity contribution in [3.63, 3.8) is 0 Å². The van der Waals surface area contributed by atoms with Crippen molar-refractivity contribution in [2.45, 2.75) is 80.5 Å². The van der Waals surface area contributed by atoms with Crippen molar-refractivity contribution >= 4 is 67.2 Å². The molecule has 1 aromatic carbocycles. The maximum Gasteiger partial charge on any atom is 0.472 e. The fourth-order valence-electron chi connectivity index (χ4n) is 6.48. The molecule has 5 heterocycles. The van der Waals surface area contributed by atoms with E-state index in [1.807, 2.05) is 18.2 Å². The number of esters is 1. The Labute approximate surface area is 361 Å². The van der Waals surface area contributed by atoms with E-state index >= 15 is 0 Å². The fraction of sp³-hybridized carbons (Fsp3) is 0.429. The van der Waals surface area contributed by atoms with Gasteiger partial charge in [-0.3, -0.25) is 32.3 Å². The Morgan fingerprint density at radius 1 is 1.03 bits per heavy atom. The fourth-order valence-corrected chi connectivity index (χ4v) is 8.58. The van der Waals surface area contributed by atoms with Crippen LogP contribution in [0.25, 0.3) is 11.2 Å². The normalized spacial score (nSPS) is 23.8. The van der Waals surface area contributed by atoms with Crippen molar-refractivity contribution < 1.29 is 71.1 Å². The molecule has 2 fully saturated rings. The third-order valence-corrected chi connectivity index (χ3v) is 11.9. The lowest BCUT2D eigenvalue weighted by Crippen LogP contribution is -2.47. The van der Waals surface area contributed by atoms with Crippen LogP contribution in [0.3, 0.4) is 0 Å². The van der Waals surface area contributed by atoms with E-state index in [4.69, 9.17) is 34.7 Å². The molecule has 0 spiro atoms. The monoisotopic (exact) mass is 939 g/mol. The molecular formula is C35H43N9O16P2S. The number of aliphatic hydroxyl groups excluding tert-OH is 1. The molecule has 2 aliphatic rings.